The number of benzene rings is 8. The van der Waals surface area contributed by atoms with Crippen LogP contribution in [0.4, 0.5) is 0 Å². The Morgan fingerprint density at radius 3 is 1.42 bits per heavy atom. The summed E-state index contributed by atoms with van der Waals surface area (Å²) < 4.78 is 2.36. The highest BCUT2D eigenvalue weighted by molar-refractivity contribution is 6.05. The second-order valence-corrected chi connectivity index (χ2v) is 14.9. The van der Waals surface area contributed by atoms with Crippen molar-refractivity contribution in [3.05, 3.63) is 206 Å². The van der Waals surface area contributed by atoms with Gasteiger partial charge in [-0.15, -0.1) is 0 Å². The van der Waals surface area contributed by atoms with Crippen molar-refractivity contribution < 1.29 is 0 Å². The molecule has 5 nitrogen and oxygen atoms in total. The summed E-state index contributed by atoms with van der Waals surface area (Å²) in [5.74, 6) is 2.80. The molecular formula is C54H37N5. The molecule has 2 aromatic heterocycles. The molecule has 0 amide bonds. The third-order valence-electron chi connectivity index (χ3n) is 11.4. The lowest BCUT2D eigenvalue weighted by molar-refractivity contribution is 0.631. The van der Waals surface area contributed by atoms with Crippen molar-refractivity contribution in [1.82, 2.24) is 24.5 Å². The lowest BCUT2D eigenvalue weighted by atomic mass is 9.95. The van der Waals surface area contributed by atoms with Gasteiger partial charge in [0.05, 0.1) is 17.1 Å². The van der Waals surface area contributed by atoms with E-state index < -0.39 is 0 Å². The van der Waals surface area contributed by atoms with Gasteiger partial charge in [0.25, 0.3) is 0 Å². The monoisotopic (exact) mass is 755 g/mol. The summed E-state index contributed by atoms with van der Waals surface area (Å²) in [6.07, 6.45) is 9.64. The first kappa shape index (κ1) is 34.5. The summed E-state index contributed by atoms with van der Waals surface area (Å²) in [6, 6.07) is 64.0. The molecule has 2 heterocycles. The van der Waals surface area contributed by atoms with Crippen LogP contribution >= 0.6 is 0 Å². The molecular weight excluding hydrogens is 719 g/mol. The van der Waals surface area contributed by atoms with E-state index in [9.17, 15) is 0 Å². The Bertz CT molecular complexity index is 3090. The van der Waals surface area contributed by atoms with Gasteiger partial charge in [0.15, 0.2) is 17.5 Å². The zero-order valence-electron chi connectivity index (χ0n) is 32.2. The minimum absolute atomic E-state index is 0.182. The first-order valence-electron chi connectivity index (χ1n) is 20.1. The van der Waals surface area contributed by atoms with Crippen molar-refractivity contribution in [1.29, 1.82) is 0 Å². The molecule has 8 aromatic carbocycles. The van der Waals surface area contributed by atoms with Gasteiger partial charge in [0, 0.05) is 22.3 Å². The standard InChI is InChI=1S/C54H37N5/c1-4-16-36(17-5-1)41-22-12-26-45-43(41)24-14-28-47(45)52-56-51(57-53(58-52)48-29-15-25-44-42(23-13-27-46(44)48)37-18-6-2-7-19-37)38-32-34-39(35-33-38)54-55-49-30-10-11-31-50(49)59(54)40-20-8-3-9-21-40/h1-20,22-35,40H,21H2. The number of rotatable bonds is 7. The largest absolute Gasteiger partial charge is 0.317 e. The van der Waals surface area contributed by atoms with Gasteiger partial charge in [-0.2, -0.15) is 0 Å². The molecule has 11 rings (SSSR count). The van der Waals surface area contributed by atoms with E-state index in [0.29, 0.717) is 17.5 Å². The van der Waals surface area contributed by atoms with E-state index >= 15 is 0 Å². The SMILES string of the molecule is C1=CCC(n2c(-c3ccc(-c4nc(-c5cccc6c(-c7ccccc7)cccc56)nc(-c5cccc6c(-c7ccccc7)cccc56)n4)cc3)nc3ccccc32)C=C1. The van der Waals surface area contributed by atoms with Crippen LogP contribution < -0.4 is 0 Å². The molecule has 1 aliphatic rings. The maximum Gasteiger partial charge on any atom is 0.164 e. The van der Waals surface area contributed by atoms with E-state index in [1.54, 1.807) is 0 Å². The highest BCUT2D eigenvalue weighted by Gasteiger charge is 2.21. The fourth-order valence-electron chi connectivity index (χ4n) is 8.61. The summed E-state index contributed by atoms with van der Waals surface area (Å²) in [6.45, 7) is 0. The number of hydrogen-bond acceptors (Lipinski definition) is 4. The van der Waals surface area contributed by atoms with Crippen LogP contribution in [0.2, 0.25) is 0 Å². The molecule has 10 aromatic rings. The molecule has 278 valence electrons. The smallest absolute Gasteiger partial charge is 0.164 e. The number of nitrogens with zero attached hydrogens (tertiary/aromatic N) is 5. The van der Waals surface area contributed by atoms with Gasteiger partial charge in [-0.3, -0.25) is 0 Å². The minimum atomic E-state index is 0.182. The fourth-order valence-corrected chi connectivity index (χ4v) is 8.61. The number of allylic oxidation sites excluding steroid dienone is 4. The maximum absolute atomic E-state index is 5.31. The molecule has 0 saturated carbocycles. The van der Waals surface area contributed by atoms with Crippen molar-refractivity contribution in [2.45, 2.75) is 12.5 Å². The quantitative estimate of drug-likeness (QED) is 0.163. The first-order valence-corrected chi connectivity index (χ1v) is 20.1. The van der Waals surface area contributed by atoms with Crippen molar-refractivity contribution >= 4 is 32.6 Å². The number of imidazole rings is 1. The van der Waals surface area contributed by atoms with Crippen LogP contribution in [0, 0.1) is 0 Å². The topological polar surface area (TPSA) is 56.5 Å². The molecule has 0 N–H and O–H groups in total. The Balaban J connectivity index is 1.09. The second kappa shape index (κ2) is 14.6. The van der Waals surface area contributed by atoms with E-state index in [4.69, 9.17) is 19.9 Å². The van der Waals surface area contributed by atoms with E-state index in [1.165, 1.54) is 22.3 Å². The predicted octanol–water partition coefficient (Wildman–Crippen LogP) is 13.6. The summed E-state index contributed by atoms with van der Waals surface area (Å²) in [5, 5.41) is 4.46. The Hall–Kier alpha value is -7.76. The normalized spacial score (nSPS) is 13.7. The number of hydrogen-bond donors (Lipinski definition) is 0. The summed E-state index contributed by atoms with van der Waals surface area (Å²) in [4.78, 5) is 21.0. The van der Waals surface area contributed by atoms with Gasteiger partial charge in [-0.05, 0) is 62.4 Å². The van der Waals surface area contributed by atoms with Gasteiger partial charge in [-0.1, -0.05) is 194 Å². The third kappa shape index (κ3) is 6.21. The van der Waals surface area contributed by atoms with Crippen LogP contribution in [0.15, 0.2) is 206 Å². The van der Waals surface area contributed by atoms with Gasteiger partial charge >= 0.3 is 0 Å². The number of fused-ring (bicyclic) bond motifs is 3. The van der Waals surface area contributed by atoms with Crippen LogP contribution in [-0.2, 0) is 0 Å². The minimum Gasteiger partial charge on any atom is -0.317 e. The summed E-state index contributed by atoms with van der Waals surface area (Å²) in [5.41, 5.74) is 10.6. The molecule has 0 aliphatic heterocycles. The van der Waals surface area contributed by atoms with Gasteiger partial charge < -0.3 is 4.57 Å². The molecule has 0 spiro atoms. The van der Waals surface area contributed by atoms with Crippen LogP contribution in [0.3, 0.4) is 0 Å². The van der Waals surface area contributed by atoms with Crippen molar-refractivity contribution in [2.24, 2.45) is 0 Å². The Morgan fingerprint density at radius 2 is 0.864 bits per heavy atom. The lowest BCUT2D eigenvalue weighted by Gasteiger charge is -2.19. The third-order valence-corrected chi connectivity index (χ3v) is 11.4. The average molecular weight is 756 g/mol. The Kier molecular flexibility index (Phi) is 8.55. The molecule has 1 aliphatic carbocycles. The van der Waals surface area contributed by atoms with E-state index in [1.807, 2.05) is 0 Å². The summed E-state index contributed by atoms with van der Waals surface area (Å²) in [7, 11) is 0. The van der Waals surface area contributed by atoms with Gasteiger partial charge in [0.2, 0.25) is 0 Å². The zero-order valence-corrected chi connectivity index (χ0v) is 32.2. The molecule has 0 bridgehead atoms. The molecule has 0 radical (unpaired) electrons. The summed E-state index contributed by atoms with van der Waals surface area (Å²) >= 11 is 0. The van der Waals surface area contributed by atoms with E-state index in [-0.39, 0.29) is 6.04 Å². The van der Waals surface area contributed by atoms with Crippen molar-refractivity contribution in [3.8, 4) is 67.8 Å². The van der Waals surface area contributed by atoms with E-state index in [2.05, 4.69) is 211 Å². The average Bonchev–Trinajstić information content (AvgIpc) is 3.71. The molecule has 0 fully saturated rings. The van der Waals surface area contributed by atoms with Crippen LogP contribution in [0.1, 0.15) is 12.5 Å². The van der Waals surface area contributed by atoms with Gasteiger partial charge in [0.1, 0.15) is 5.82 Å². The fraction of sp³-hybridized carbons (Fsp3) is 0.0370. The highest BCUT2D eigenvalue weighted by atomic mass is 15.1. The maximum atomic E-state index is 5.31. The molecule has 1 atom stereocenters. The van der Waals surface area contributed by atoms with E-state index in [0.717, 1.165) is 67.1 Å². The number of para-hydroxylation sites is 2. The molecule has 1 unspecified atom stereocenters. The predicted molar refractivity (Wildman–Crippen MR) is 243 cm³/mol. The Labute approximate surface area is 342 Å². The van der Waals surface area contributed by atoms with Crippen LogP contribution in [0.25, 0.3) is 100 Å². The zero-order chi connectivity index (χ0) is 39.1. The van der Waals surface area contributed by atoms with Gasteiger partial charge in [-0.25, -0.2) is 19.9 Å². The second-order valence-electron chi connectivity index (χ2n) is 14.9. The molecule has 5 heteroatoms. The Morgan fingerprint density at radius 1 is 0.373 bits per heavy atom. The molecule has 59 heavy (non-hydrogen) atoms. The highest BCUT2D eigenvalue weighted by Crippen LogP contribution is 2.38. The van der Waals surface area contributed by atoms with Crippen LogP contribution in [-0.4, -0.2) is 24.5 Å². The van der Waals surface area contributed by atoms with Crippen molar-refractivity contribution in [3.63, 3.8) is 0 Å². The van der Waals surface area contributed by atoms with Crippen molar-refractivity contribution in [2.75, 3.05) is 0 Å². The number of aromatic nitrogens is 5. The lowest BCUT2D eigenvalue weighted by Crippen LogP contribution is -2.09. The molecule has 0 saturated heterocycles. The van der Waals surface area contributed by atoms with Crippen LogP contribution in [0.5, 0.6) is 0 Å². The first-order chi connectivity index (χ1) is 29.3.